The minimum absolute atomic E-state index is 0.0766. The summed E-state index contributed by atoms with van der Waals surface area (Å²) in [6, 6.07) is 37.6. The lowest BCUT2D eigenvalue weighted by molar-refractivity contribution is -0.121. The molecule has 11 heteroatoms. The maximum absolute atomic E-state index is 14.5. The van der Waals surface area contributed by atoms with Gasteiger partial charge in [-0.2, -0.15) is 0 Å². The van der Waals surface area contributed by atoms with Crippen LogP contribution in [-0.4, -0.2) is 32.9 Å². The highest BCUT2D eigenvalue weighted by atomic mass is 32.1. The van der Waals surface area contributed by atoms with E-state index in [1.165, 1.54) is 17.4 Å². The van der Waals surface area contributed by atoms with E-state index >= 15 is 0 Å². The lowest BCUT2D eigenvalue weighted by Gasteiger charge is -2.17. The molecule has 2 heterocycles. The van der Waals surface area contributed by atoms with E-state index in [4.69, 9.17) is 9.72 Å². The largest absolute Gasteiger partial charge is 0.489 e. The second-order valence-electron chi connectivity index (χ2n) is 12.7. The molecule has 2 amide bonds. The fourth-order valence-electron chi connectivity index (χ4n) is 6.13. The van der Waals surface area contributed by atoms with Crippen LogP contribution in [0.4, 0.5) is 10.1 Å². The second-order valence-corrected chi connectivity index (χ2v) is 13.7. The summed E-state index contributed by atoms with van der Waals surface area (Å²) >= 11 is 1.29. The number of aryl methyl sites for hydroxylation is 1. The molecule has 9 nitrogen and oxygen atoms in total. The van der Waals surface area contributed by atoms with E-state index in [-0.39, 0.29) is 23.7 Å². The number of thiazole rings is 1. The molecule has 0 bridgehead atoms. The van der Waals surface area contributed by atoms with E-state index in [1.807, 2.05) is 115 Å². The van der Waals surface area contributed by atoms with Gasteiger partial charge >= 0.3 is 5.97 Å². The number of hydrogen-bond donors (Lipinski definition) is 4. The molecule has 4 N–H and O–H groups in total. The van der Waals surface area contributed by atoms with Crippen molar-refractivity contribution < 1.29 is 28.6 Å². The zero-order chi connectivity index (χ0) is 37.4. The van der Waals surface area contributed by atoms with Crippen molar-refractivity contribution in [2.75, 3.05) is 5.32 Å². The number of anilines is 1. The molecular weight excluding hydrogens is 704 g/mol. The number of rotatable bonds is 14. The number of halogens is 1. The molecule has 2 aromatic heterocycles. The monoisotopic (exact) mass is 738 g/mol. The summed E-state index contributed by atoms with van der Waals surface area (Å²) in [4.78, 5) is 47.4. The fourth-order valence-corrected chi connectivity index (χ4v) is 7.25. The number of carbonyl (C=O) groups excluding carboxylic acids is 2. The zero-order valence-electron chi connectivity index (χ0n) is 28.9. The van der Waals surface area contributed by atoms with Crippen LogP contribution in [0, 0.1) is 5.82 Å². The van der Waals surface area contributed by atoms with E-state index in [0.717, 1.165) is 45.3 Å². The number of amides is 2. The van der Waals surface area contributed by atoms with Crippen LogP contribution in [0.15, 0.2) is 134 Å². The molecule has 0 aliphatic carbocycles. The Morgan fingerprint density at radius 1 is 0.852 bits per heavy atom. The molecule has 54 heavy (non-hydrogen) atoms. The van der Waals surface area contributed by atoms with Crippen LogP contribution in [0.3, 0.4) is 0 Å². The van der Waals surface area contributed by atoms with Gasteiger partial charge in [-0.05, 0) is 71.5 Å². The summed E-state index contributed by atoms with van der Waals surface area (Å²) in [5.74, 6) is -2.47. The second kappa shape index (κ2) is 16.4. The van der Waals surface area contributed by atoms with E-state index in [2.05, 4.69) is 15.6 Å². The van der Waals surface area contributed by atoms with Crippen molar-refractivity contribution in [1.29, 1.82) is 0 Å². The predicted molar refractivity (Wildman–Crippen MR) is 207 cm³/mol. The third-order valence-electron chi connectivity index (χ3n) is 8.89. The van der Waals surface area contributed by atoms with E-state index < -0.39 is 29.3 Å². The number of nitrogens with one attached hydrogen (secondary N) is 3. The quantitative estimate of drug-likeness (QED) is 0.0881. The molecule has 0 spiro atoms. The molecular formula is C43H35FN4O5S. The number of carbonyl (C=O) groups is 3. The Bertz CT molecular complexity index is 2410. The number of fused-ring (bicyclic) bond motifs is 1. The fraction of sp³-hybridized carbons (Fsp3) is 0.116. The van der Waals surface area contributed by atoms with Crippen LogP contribution in [-0.2, 0) is 24.2 Å². The topological polar surface area (TPSA) is 133 Å². The van der Waals surface area contributed by atoms with Crippen molar-refractivity contribution in [1.82, 2.24) is 15.3 Å². The molecule has 270 valence electrons. The Balaban J connectivity index is 1.16. The predicted octanol–water partition coefficient (Wildman–Crippen LogP) is 8.99. The Hall–Kier alpha value is -6.59. The van der Waals surface area contributed by atoms with Crippen LogP contribution < -0.4 is 15.4 Å². The van der Waals surface area contributed by atoms with Crippen LogP contribution in [0.25, 0.3) is 21.3 Å². The summed E-state index contributed by atoms with van der Waals surface area (Å²) in [5, 5.41) is 16.7. The van der Waals surface area contributed by atoms with Crippen molar-refractivity contribution in [3.8, 4) is 16.2 Å². The summed E-state index contributed by atoms with van der Waals surface area (Å²) in [6.45, 7) is 0.428. The third-order valence-corrected chi connectivity index (χ3v) is 10.1. The number of para-hydroxylation sites is 1. The Morgan fingerprint density at radius 2 is 1.57 bits per heavy atom. The number of aromatic carboxylic acids is 1. The van der Waals surface area contributed by atoms with Crippen LogP contribution in [0.2, 0.25) is 0 Å². The lowest BCUT2D eigenvalue weighted by atomic mass is 10.0. The summed E-state index contributed by atoms with van der Waals surface area (Å²) in [5.41, 5.74) is 4.41. The van der Waals surface area contributed by atoms with Gasteiger partial charge in [-0.25, -0.2) is 14.2 Å². The van der Waals surface area contributed by atoms with Gasteiger partial charge in [-0.3, -0.25) is 9.59 Å². The van der Waals surface area contributed by atoms with Crippen molar-refractivity contribution in [2.45, 2.75) is 31.9 Å². The number of carboxylic acids is 1. The van der Waals surface area contributed by atoms with Crippen LogP contribution in [0.5, 0.6) is 5.75 Å². The molecule has 0 saturated carbocycles. The maximum atomic E-state index is 14.5. The third kappa shape index (κ3) is 8.54. The molecule has 0 aliphatic heterocycles. The molecule has 7 rings (SSSR count). The number of aromatic nitrogens is 2. The first-order valence-electron chi connectivity index (χ1n) is 17.3. The van der Waals surface area contributed by atoms with Crippen molar-refractivity contribution >= 4 is 45.7 Å². The summed E-state index contributed by atoms with van der Waals surface area (Å²) in [7, 11) is 0. The average Bonchev–Trinajstić information content (AvgIpc) is 3.83. The van der Waals surface area contributed by atoms with Gasteiger partial charge < -0.3 is 25.5 Å². The molecule has 1 atom stereocenters. The van der Waals surface area contributed by atoms with Gasteiger partial charge in [0, 0.05) is 29.2 Å². The van der Waals surface area contributed by atoms with Crippen LogP contribution in [0.1, 0.15) is 55.0 Å². The maximum Gasteiger partial charge on any atom is 0.338 e. The molecule has 0 fully saturated rings. The number of nitrogens with zero attached hydrogens (tertiary/aromatic N) is 1. The Labute approximate surface area is 314 Å². The molecule has 0 unspecified atom stereocenters. The Kier molecular flexibility index (Phi) is 10.9. The minimum atomic E-state index is -1.41. The van der Waals surface area contributed by atoms with E-state index in [9.17, 15) is 23.9 Å². The minimum Gasteiger partial charge on any atom is -0.489 e. The number of aromatic amines is 1. The highest BCUT2D eigenvalue weighted by molar-refractivity contribution is 7.15. The van der Waals surface area contributed by atoms with Gasteiger partial charge in [-0.1, -0.05) is 91.0 Å². The van der Waals surface area contributed by atoms with Gasteiger partial charge in [0.25, 0.3) is 5.91 Å². The van der Waals surface area contributed by atoms with Crippen molar-refractivity contribution in [2.24, 2.45) is 0 Å². The smallest absolute Gasteiger partial charge is 0.338 e. The SMILES string of the molecule is O=C(CCc1c[nH]c2ccccc12)N[C@@H](Cc1ccc(OCc2ccccc2)cc1)c1nc(C(=O)Nc2ccc(C(=O)O)c(F)c2)c(-c2ccccc2)s1. The highest BCUT2D eigenvalue weighted by Gasteiger charge is 2.26. The number of benzene rings is 5. The first kappa shape index (κ1) is 35.8. The Morgan fingerprint density at radius 3 is 2.31 bits per heavy atom. The summed E-state index contributed by atoms with van der Waals surface area (Å²) in [6.07, 6.45) is 3.05. The zero-order valence-corrected chi connectivity index (χ0v) is 29.7. The lowest BCUT2D eigenvalue weighted by Crippen LogP contribution is -2.30. The number of carboxylic acid groups (broad SMARTS) is 1. The van der Waals surface area contributed by atoms with Gasteiger partial charge in [0.05, 0.1) is 16.5 Å². The van der Waals surface area contributed by atoms with Crippen molar-refractivity contribution in [3.05, 3.63) is 172 Å². The molecule has 5 aromatic carbocycles. The number of H-pyrrole nitrogens is 1. The average molecular weight is 739 g/mol. The van der Waals surface area contributed by atoms with E-state index in [1.54, 1.807) is 0 Å². The molecule has 0 saturated heterocycles. The molecule has 7 aromatic rings. The van der Waals surface area contributed by atoms with Crippen molar-refractivity contribution in [3.63, 3.8) is 0 Å². The summed E-state index contributed by atoms with van der Waals surface area (Å²) < 4.78 is 20.5. The van der Waals surface area contributed by atoms with Gasteiger partial charge in [0.2, 0.25) is 5.91 Å². The number of ether oxygens (including phenoxy) is 1. The highest BCUT2D eigenvalue weighted by Crippen LogP contribution is 2.35. The molecule has 0 aliphatic rings. The number of hydrogen-bond acceptors (Lipinski definition) is 6. The molecule has 0 radical (unpaired) electrons. The van der Waals surface area contributed by atoms with Gasteiger partial charge in [-0.15, -0.1) is 11.3 Å². The first-order chi connectivity index (χ1) is 26.3. The van der Waals surface area contributed by atoms with Gasteiger partial charge in [0.1, 0.15) is 28.9 Å². The van der Waals surface area contributed by atoms with Crippen LogP contribution >= 0.6 is 11.3 Å². The van der Waals surface area contributed by atoms with E-state index in [0.29, 0.717) is 35.1 Å². The van der Waals surface area contributed by atoms with Gasteiger partial charge in [0.15, 0.2) is 0 Å². The first-order valence-corrected chi connectivity index (χ1v) is 18.1. The normalized spacial score (nSPS) is 11.6. The standard InChI is InChI=1S/C43H35FN4O5S/c44-35-24-31(18-21-34(35)43(51)52)46-41(50)39-40(29-11-5-2-6-12-29)54-42(48-39)37(47-38(49)22-17-30-25-45-36-14-8-7-13-33(30)36)23-27-15-19-32(20-16-27)53-26-28-9-3-1-4-10-28/h1-16,18-21,24-25,37,45H,17,22-23,26H2,(H,46,50)(H,47,49)(H,51,52)/t37-/m0/s1.